The molecule has 0 aromatic heterocycles. The molecule has 0 spiro atoms. The predicted molar refractivity (Wildman–Crippen MR) is 85.5 cm³/mol. The van der Waals surface area contributed by atoms with Gasteiger partial charge in [0.25, 0.3) is 0 Å². The van der Waals surface area contributed by atoms with Gasteiger partial charge in [-0.25, -0.2) is 0 Å². The number of piperazine rings is 1. The van der Waals surface area contributed by atoms with E-state index in [1.165, 1.54) is 18.5 Å². The summed E-state index contributed by atoms with van der Waals surface area (Å²) in [4.78, 5) is 4.86. The average Bonchev–Trinajstić information content (AvgIpc) is 2.50. The standard InChI is InChI=1S/C17H28N2O2/c1-21-15-17(20)14-19-12-10-18(11-13-19)9-5-8-16-6-3-2-4-7-16/h2-4,6-7,17,20H,5,8-15H2,1H3. The molecule has 0 saturated carbocycles. The van der Waals surface area contributed by atoms with Gasteiger partial charge in [0.1, 0.15) is 0 Å². The lowest BCUT2D eigenvalue weighted by Crippen LogP contribution is -2.49. The number of rotatable bonds is 8. The minimum absolute atomic E-state index is 0.361. The number of ether oxygens (including phenoxy) is 1. The van der Waals surface area contributed by atoms with E-state index in [2.05, 4.69) is 40.1 Å². The van der Waals surface area contributed by atoms with E-state index >= 15 is 0 Å². The topological polar surface area (TPSA) is 35.9 Å². The molecule has 21 heavy (non-hydrogen) atoms. The van der Waals surface area contributed by atoms with Crippen molar-refractivity contribution in [3.05, 3.63) is 35.9 Å². The maximum absolute atomic E-state index is 9.75. The highest BCUT2D eigenvalue weighted by Gasteiger charge is 2.18. The van der Waals surface area contributed by atoms with E-state index in [0.29, 0.717) is 6.61 Å². The van der Waals surface area contributed by atoms with Crippen molar-refractivity contribution in [3.8, 4) is 0 Å². The van der Waals surface area contributed by atoms with Crippen molar-refractivity contribution in [2.24, 2.45) is 0 Å². The molecular weight excluding hydrogens is 264 g/mol. The first-order chi connectivity index (χ1) is 10.3. The fraction of sp³-hybridized carbons (Fsp3) is 0.647. The molecule has 118 valence electrons. The Morgan fingerprint density at radius 3 is 2.43 bits per heavy atom. The Labute approximate surface area is 128 Å². The lowest BCUT2D eigenvalue weighted by molar-refractivity contribution is 0.0238. The molecule has 1 N–H and O–H groups in total. The summed E-state index contributed by atoms with van der Waals surface area (Å²) in [6.07, 6.45) is 2.02. The Balaban J connectivity index is 1.59. The number of methoxy groups -OCH3 is 1. The second-order valence-corrected chi connectivity index (χ2v) is 5.84. The van der Waals surface area contributed by atoms with Crippen LogP contribution in [0.15, 0.2) is 30.3 Å². The van der Waals surface area contributed by atoms with Crippen molar-refractivity contribution < 1.29 is 9.84 Å². The van der Waals surface area contributed by atoms with Crippen LogP contribution in [0, 0.1) is 0 Å². The SMILES string of the molecule is COCC(O)CN1CCN(CCCc2ccccc2)CC1. The molecule has 1 atom stereocenters. The number of aliphatic hydroxyl groups excluding tert-OH is 1. The molecule has 0 aliphatic carbocycles. The van der Waals surface area contributed by atoms with Crippen molar-refractivity contribution in [3.63, 3.8) is 0 Å². The van der Waals surface area contributed by atoms with E-state index in [1.54, 1.807) is 7.11 Å². The Hall–Kier alpha value is -0.940. The zero-order valence-corrected chi connectivity index (χ0v) is 13.1. The van der Waals surface area contributed by atoms with Gasteiger partial charge in [0.05, 0.1) is 12.7 Å². The molecule has 4 nitrogen and oxygen atoms in total. The highest BCUT2D eigenvalue weighted by molar-refractivity contribution is 5.14. The molecule has 1 unspecified atom stereocenters. The van der Waals surface area contributed by atoms with Crippen molar-refractivity contribution in [1.82, 2.24) is 9.80 Å². The van der Waals surface area contributed by atoms with Crippen LogP contribution in [0.1, 0.15) is 12.0 Å². The van der Waals surface area contributed by atoms with Gasteiger partial charge >= 0.3 is 0 Å². The van der Waals surface area contributed by atoms with E-state index < -0.39 is 0 Å². The maximum atomic E-state index is 9.75. The van der Waals surface area contributed by atoms with Crippen molar-refractivity contribution >= 4 is 0 Å². The predicted octanol–water partition coefficient (Wildman–Crippen LogP) is 1.24. The van der Waals surface area contributed by atoms with Gasteiger partial charge in [-0.3, -0.25) is 4.90 Å². The van der Waals surface area contributed by atoms with Crippen LogP contribution in [0.4, 0.5) is 0 Å². The molecule has 0 radical (unpaired) electrons. The number of β-amino-alcohol motifs (C(OH)–C–C–N with tert-alkyl or cyclic N) is 1. The number of hydrogen-bond acceptors (Lipinski definition) is 4. The van der Waals surface area contributed by atoms with Gasteiger partial charge in [-0.2, -0.15) is 0 Å². The number of nitrogens with zero attached hydrogens (tertiary/aromatic N) is 2. The van der Waals surface area contributed by atoms with Gasteiger partial charge in [0, 0.05) is 39.8 Å². The van der Waals surface area contributed by atoms with Crippen LogP contribution >= 0.6 is 0 Å². The van der Waals surface area contributed by atoms with E-state index in [4.69, 9.17) is 4.74 Å². The monoisotopic (exact) mass is 292 g/mol. The Morgan fingerprint density at radius 2 is 1.76 bits per heavy atom. The summed E-state index contributed by atoms with van der Waals surface area (Å²) in [5.41, 5.74) is 1.43. The summed E-state index contributed by atoms with van der Waals surface area (Å²) in [5, 5.41) is 9.75. The number of aryl methyl sites for hydroxylation is 1. The van der Waals surface area contributed by atoms with Crippen LogP contribution in [0.3, 0.4) is 0 Å². The summed E-state index contributed by atoms with van der Waals surface area (Å²) >= 11 is 0. The highest BCUT2D eigenvalue weighted by atomic mass is 16.5. The summed E-state index contributed by atoms with van der Waals surface area (Å²) in [5.74, 6) is 0. The maximum Gasteiger partial charge on any atom is 0.0900 e. The lowest BCUT2D eigenvalue weighted by atomic mass is 10.1. The van der Waals surface area contributed by atoms with E-state index in [1.807, 2.05) is 0 Å². The molecule has 1 aliphatic heterocycles. The van der Waals surface area contributed by atoms with E-state index in [9.17, 15) is 5.11 Å². The van der Waals surface area contributed by atoms with E-state index in [-0.39, 0.29) is 6.10 Å². The molecule has 4 heteroatoms. The third-order valence-electron chi connectivity index (χ3n) is 4.08. The first kappa shape index (κ1) is 16.4. The molecule has 1 aliphatic rings. The van der Waals surface area contributed by atoms with Crippen LogP contribution in [0.25, 0.3) is 0 Å². The summed E-state index contributed by atoms with van der Waals surface area (Å²) < 4.78 is 4.97. The van der Waals surface area contributed by atoms with Gasteiger partial charge in [0.2, 0.25) is 0 Å². The molecule has 0 amide bonds. The van der Waals surface area contributed by atoms with Crippen LogP contribution in [0.5, 0.6) is 0 Å². The van der Waals surface area contributed by atoms with E-state index in [0.717, 1.165) is 39.1 Å². The Bertz CT molecular complexity index is 378. The Kier molecular flexibility index (Phi) is 7.16. The normalized spacial score (nSPS) is 18.8. The molecule has 1 aromatic carbocycles. The molecule has 1 fully saturated rings. The second kappa shape index (κ2) is 9.15. The first-order valence-electron chi connectivity index (χ1n) is 7.93. The van der Waals surface area contributed by atoms with Gasteiger partial charge < -0.3 is 14.7 Å². The highest BCUT2D eigenvalue weighted by Crippen LogP contribution is 2.07. The molecule has 1 saturated heterocycles. The fourth-order valence-corrected chi connectivity index (χ4v) is 2.89. The van der Waals surface area contributed by atoms with Gasteiger partial charge in [-0.1, -0.05) is 30.3 Å². The minimum Gasteiger partial charge on any atom is -0.389 e. The average molecular weight is 292 g/mol. The quantitative estimate of drug-likeness (QED) is 0.782. The molecule has 0 bridgehead atoms. The first-order valence-corrected chi connectivity index (χ1v) is 7.93. The molecule has 1 heterocycles. The summed E-state index contributed by atoms with van der Waals surface area (Å²) in [7, 11) is 1.63. The molecule has 1 aromatic rings. The smallest absolute Gasteiger partial charge is 0.0900 e. The number of aliphatic hydroxyl groups is 1. The second-order valence-electron chi connectivity index (χ2n) is 5.84. The van der Waals surface area contributed by atoms with Gasteiger partial charge in [-0.05, 0) is 24.9 Å². The zero-order valence-electron chi connectivity index (χ0n) is 13.1. The number of benzene rings is 1. The molecule has 2 rings (SSSR count). The zero-order chi connectivity index (χ0) is 14.9. The van der Waals surface area contributed by atoms with Crippen molar-refractivity contribution in [2.45, 2.75) is 18.9 Å². The van der Waals surface area contributed by atoms with Gasteiger partial charge in [-0.15, -0.1) is 0 Å². The van der Waals surface area contributed by atoms with Crippen LogP contribution in [0.2, 0.25) is 0 Å². The van der Waals surface area contributed by atoms with Crippen molar-refractivity contribution in [2.75, 3.05) is 53.0 Å². The van der Waals surface area contributed by atoms with Gasteiger partial charge in [0.15, 0.2) is 0 Å². The largest absolute Gasteiger partial charge is 0.389 e. The molecular formula is C17H28N2O2. The summed E-state index contributed by atoms with van der Waals surface area (Å²) in [6, 6.07) is 10.7. The third-order valence-corrected chi connectivity index (χ3v) is 4.08. The number of hydrogen-bond donors (Lipinski definition) is 1. The van der Waals surface area contributed by atoms with Crippen LogP contribution in [-0.2, 0) is 11.2 Å². The minimum atomic E-state index is -0.361. The van der Waals surface area contributed by atoms with Crippen molar-refractivity contribution in [1.29, 1.82) is 0 Å². The fourth-order valence-electron chi connectivity index (χ4n) is 2.89. The van der Waals surface area contributed by atoms with Crippen LogP contribution in [-0.4, -0.2) is 74.0 Å². The van der Waals surface area contributed by atoms with Crippen LogP contribution < -0.4 is 0 Å². The lowest BCUT2D eigenvalue weighted by Gasteiger charge is -2.35. The Morgan fingerprint density at radius 1 is 1.10 bits per heavy atom. The third kappa shape index (κ3) is 6.14. The summed E-state index contributed by atoms with van der Waals surface area (Å²) in [6.45, 7) is 6.63.